The number of nitrogens with one attached hydrogen (secondary N) is 1. The van der Waals surface area contributed by atoms with Crippen LogP contribution in [0.25, 0.3) is 0 Å². The summed E-state index contributed by atoms with van der Waals surface area (Å²) in [4.78, 5) is -1.21. The third kappa shape index (κ3) is 2.43. The molecule has 112 valence electrons. The molecule has 0 bridgehead atoms. The van der Waals surface area contributed by atoms with Crippen LogP contribution in [0, 0.1) is 22.9 Å². The third-order valence-corrected chi connectivity index (χ3v) is 5.27. The molecule has 0 heterocycles. The summed E-state index contributed by atoms with van der Waals surface area (Å²) >= 11 is 0. The topological polar surface area (TPSA) is 66.4 Å². The number of rotatable bonds is 3. The maximum Gasteiger partial charge on any atom is 0.246 e. The predicted octanol–water partition coefficient (Wildman–Crippen LogP) is 1.54. The Morgan fingerprint density at radius 2 is 1.75 bits per heavy atom. The van der Waals surface area contributed by atoms with Gasteiger partial charge in [-0.05, 0) is 6.42 Å². The Labute approximate surface area is 114 Å². The van der Waals surface area contributed by atoms with Crippen LogP contribution in [0.15, 0.2) is 17.0 Å². The summed E-state index contributed by atoms with van der Waals surface area (Å²) in [7, 11) is -4.47. The Balaban J connectivity index is 2.33. The molecule has 2 atom stereocenters. The molecule has 1 aliphatic carbocycles. The summed E-state index contributed by atoms with van der Waals surface area (Å²) in [5, 5.41) is 9.53. The van der Waals surface area contributed by atoms with E-state index in [9.17, 15) is 26.7 Å². The lowest BCUT2D eigenvalue weighted by molar-refractivity contribution is -0.0645. The van der Waals surface area contributed by atoms with Crippen LogP contribution in [0.1, 0.15) is 20.3 Å². The first-order valence-electron chi connectivity index (χ1n) is 5.90. The average molecular weight is 309 g/mol. The summed E-state index contributed by atoms with van der Waals surface area (Å²) in [6, 6.07) is -0.0389. The van der Waals surface area contributed by atoms with E-state index in [-0.39, 0.29) is 6.42 Å². The van der Waals surface area contributed by atoms with Gasteiger partial charge in [-0.3, -0.25) is 0 Å². The fourth-order valence-electron chi connectivity index (χ4n) is 2.13. The van der Waals surface area contributed by atoms with Crippen LogP contribution >= 0.6 is 0 Å². The van der Waals surface area contributed by atoms with E-state index in [0.717, 1.165) is 0 Å². The number of aliphatic hydroxyl groups excluding tert-OH is 1. The highest BCUT2D eigenvalue weighted by Gasteiger charge is 2.49. The molecule has 0 spiro atoms. The monoisotopic (exact) mass is 309 g/mol. The Hall–Kier alpha value is -1.12. The van der Waals surface area contributed by atoms with E-state index < -0.39 is 49.9 Å². The van der Waals surface area contributed by atoms with Gasteiger partial charge in [-0.2, -0.15) is 0 Å². The highest BCUT2D eigenvalue weighted by molar-refractivity contribution is 7.89. The van der Waals surface area contributed by atoms with Crippen LogP contribution in [0.2, 0.25) is 0 Å². The molecule has 0 aliphatic heterocycles. The van der Waals surface area contributed by atoms with Gasteiger partial charge < -0.3 is 5.11 Å². The molecule has 1 aromatic carbocycles. The normalized spacial score (nSPS) is 25.3. The SMILES string of the molecule is CC1(C)C(O)CC1NS(=O)(=O)c1c(F)cc(F)cc1F. The van der Waals surface area contributed by atoms with Crippen molar-refractivity contribution in [1.29, 1.82) is 0 Å². The van der Waals surface area contributed by atoms with Gasteiger partial charge in [-0.1, -0.05) is 13.8 Å². The number of aliphatic hydroxyl groups is 1. The number of hydrogen-bond donors (Lipinski definition) is 2. The second kappa shape index (κ2) is 4.71. The minimum Gasteiger partial charge on any atom is -0.392 e. The minimum atomic E-state index is -4.47. The molecule has 1 fully saturated rings. The van der Waals surface area contributed by atoms with E-state index in [2.05, 4.69) is 4.72 Å². The van der Waals surface area contributed by atoms with Crippen molar-refractivity contribution >= 4 is 10.0 Å². The van der Waals surface area contributed by atoms with Crippen LogP contribution in [0.3, 0.4) is 0 Å². The first-order valence-corrected chi connectivity index (χ1v) is 7.39. The van der Waals surface area contributed by atoms with Crippen molar-refractivity contribution in [3.63, 3.8) is 0 Å². The summed E-state index contributed by atoms with van der Waals surface area (Å²) in [5.74, 6) is -4.18. The minimum absolute atomic E-state index is 0.149. The number of hydrogen-bond acceptors (Lipinski definition) is 3. The maximum atomic E-state index is 13.5. The quantitative estimate of drug-likeness (QED) is 0.890. The molecule has 1 aliphatic rings. The highest BCUT2D eigenvalue weighted by atomic mass is 32.2. The molecule has 1 aromatic rings. The van der Waals surface area contributed by atoms with Gasteiger partial charge in [0.2, 0.25) is 10.0 Å². The standard InChI is InChI=1S/C12H14F3NO3S/c1-12(2)9(5-10(12)17)16-20(18,19)11-7(14)3-6(13)4-8(11)15/h3-4,9-10,16-17H,5H2,1-2H3. The first kappa shape index (κ1) is 15.3. The molecule has 8 heteroatoms. The number of benzene rings is 1. The molecule has 1 saturated carbocycles. The van der Waals surface area contributed by atoms with Crippen LogP contribution in [-0.4, -0.2) is 25.7 Å². The second-order valence-electron chi connectivity index (χ2n) is 5.45. The van der Waals surface area contributed by atoms with E-state index >= 15 is 0 Å². The Morgan fingerprint density at radius 1 is 1.25 bits per heavy atom. The summed E-state index contributed by atoms with van der Waals surface area (Å²) in [6.45, 7) is 3.26. The molecular weight excluding hydrogens is 295 g/mol. The molecule has 2 unspecified atom stereocenters. The predicted molar refractivity (Wildman–Crippen MR) is 64.8 cm³/mol. The molecule has 0 aromatic heterocycles. The fraction of sp³-hybridized carbons (Fsp3) is 0.500. The van der Waals surface area contributed by atoms with Gasteiger partial charge in [0.25, 0.3) is 0 Å². The zero-order valence-corrected chi connectivity index (χ0v) is 11.6. The molecule has 4 nitrogen and oxygen atoms in total. The van der Waals surface area contributed by atoms with Crippen molar-refractivity contribution in [2.75, 3.05) is 0 Å². The molecule has 0 radical (unpaired) electrons. The van der Waals surface area contributed by atoms with Crippen molar-refractivity contribution in [2.24, 2.45) is 5.41 Å². The lowest BCUT2D eigenvalue weighted by atomic mass is 9.65. The second-order valence-corrected chi connectivity index (χ2v) is 7.10. The Morgan fingerprint density at radius 3 is 2.15 bits per heavy atom. The van der Waals surface area contributed by atoms with E-state index in [1.165, 1.54) is 0 Å². The largest absolute Gasteiger partial charge is 0.392 e. The van der Waals surface area contributed by atoms with Crippen molar-refractivity contribution in [2.45, 2.75) is 37.3 Å². The molecule has 2 N–H and O–H groups in total. The van der Waals surface area contributed by atoms with Crippen LogP contribution in [-0.2, 0) is 10.0 Å². The van der Waals surface area contributed by atoms with Crippen LogP contribution in [0.4, 0.5) is 13.2 Å². The van der Waals surface area contributed by atoms with E-state index in [0.29, 0.717) is 12.1 Å². The first-order chi connectivity index (χ1) is 9.05. The van der Waals surface area contributed by atoms with Crippen molar-refractivity contribution in [1.82, 2.24) is 4.72 Å². The van der Waals surface area contributed by atoms with E-state index in [1.54, 1.807) is 13.8 Å². The van der Waals surface area contributed by atoms with Gasteiger partial charge in [-0.25, -0.2) is 26.3 Å². The summed E-state index contributed by atoms with van der Waals surface area (Å²) in [5.41, 5.74) is -0.736. The summed E-state index contributed by atoms with van der Waals surface area (Å²) < 4.78 is 65.9. The van der Waals surface area contributed by atoms with Gasteiger partial charge in [0, 0.05) is 23.6 Å². The van der Waals surface area contributed by atoms with Gasteiger partial charge in [-0.15, -0.1) is 0 Å². The third-order valence-electron chi connectivity index (χ3n) is 3.75. The Kier molecular flexibility index (Phi) is 3.60. The smallest absolute Gasteiger partial charge is 0.246 e. The number of halogens is 3. The van der Waals surface area contributed by atoms with Crippen molar-refractivity contribution in [3.8, 4) is 0 Å². The Bertz CT molecular complexity index is 622. The average Bonchev–Trinajstić information content (AvgIpc) is 2.26. The zero-order chi connectivity index (χ0) is 15.3. The summed E-state index contributed by atoms with van der Waals surface area (Å²) in [6.07, 6.45) is -0.547. The van der Waals surface area contributed by atoms with Gasteiger partial charge in [0.15, 0.2) is 4.90 Å². The zero-order valence-electron chi connectivity index (χ0n) is 10.8. The highest BCUT2D eigenvalue weighted by Crippen LogP contribution is 2.41. The van der Waals surface area contributed by atoms with Gasteiger partial charge in [0.1, 0.15) is 17.5 Å². The molecule has 0 amide bonds. The number of sulfonamides is 1. The van der Waals surface area contributed by atoms with Gasteiger partial charge >= 0.3 is 0 Å². The lowest BCUT2D eigenvalue weighted by Gasteiger charge is -2.49. The lowest BCUT2D eigenvalue weighted by Crippen LogP contribution is -2.61. The van der Waals surface area contributed by atoms with E-state index in [4.69, 9.17) is 0 Å². The molecule has 0 saturated heterocycles. The molecule has 2 rings (SSSR count). The molecular formula is C12H14F3NO3S. The maximum absolute atomic E-state index is 13.5. The van der Waals surface area contributed by atoms with Crippen molar-refractivity contribution in [3.05, 3.63) is 29.6 Å². The van der Waals surface area contributed by atoms with Crippen molar-refractivity contribution < 1.29 is 26.7 Å². The molecule has 20 heavy (non-hydrogen) atoms. The fourth-order valence-corrected chi connectivity index (χ4v) is 3.66. The van der Waals surface area contributed by atoms with Gasteiger partial charge in [0.05, 0.1) is 6.10 Å². The van der Waals surface area contributed by atoms with E-state index in [1.807, 2.05) is 0 Å². The van der Waals surface area contributed by atoms with Crippen LogP contribution in [0.5, 0.6) is 0 Å². The van der Waals surface area contributed by atoms with Crippen LogP contribution < -0.4 is 4.72 Å².